The van der Waals surface area contributed by atoms with Gasteiger partial charge in [-0.05, 0) is 62.4 Å². The SMILES string of the molecule is CNCCNC(=O)OC(C)(C)C.O=Cc1cccc(-c2ccc3nonc3c2)n1. The summed E-state index contributed by atoms with van der Waals surface area (Å²) in [5, 5.41) is 13.0. The number of amides is 1. The average Bonchev–Trinajstić information content (AvgIpc) is 3.15. The minimum absolute atomic E-state index is 0.363. The predicted molar refractivity (Wildman–Crippen MR) is 109 cm³/mol. The zero-order chi connectivity index (χ0) is 21.3. The first-order valence-electron chi connectivity index (χ1n) is 9.09. The van der Waals surface area contributed by atoms with Crippen LogP contribution < -0.4 is 10.6 Å². The molecule has 0 unspecified atom stereocenters. The van der Waals surface area contributed by atoms with Gasteiger partial charge in [0, 0.05) is 18.7 Å². The molecule has 0 aliphatic rings. The highest BCUT2D eigenvalue weighted by atomic mass is 16.6. The number of hydrogen-bond donors (Lipinski definition) is 2. The molecule has 0 atom stereocenters. The molecule has 9 nitrogen and oxygen atoms in total. The van der Waals surface area contributed by atoms with Gasteiger partial charge in [-0.3, -0.25) is 4.79 Å². The number of alkyl carbamates (subject to hydrolysis) is 1. The highest BCUT2D eigenvalue weighted by Gasteiger charge is 2.15. The number of benzene rings is 1. The van der Waals surface area contributed by atoms with E-state index in [0.29, 0.717) is 23.3 Å². The number of pyridine rings is 1. The molecule has 2 N–H and O–H groups in total. The molecule has 0 fully saturated rings. The number of nitrogens with zero attached hydrogens (tertiary/aromatic N) is 3. The second kappa shape index (κ2) is 10.3. The van der Waals surface area contributed by atoms with Gasteiger partial charge in [-0.15, -0.1) is 0 Å². The Labute approximate surface area is 168 Å². The number of aromatic nitrogens is 3. The third-order valence-electron chi connectivity index (χ3n) is 3.48. The summed E-state index contributed by atoms with van der Waals surface area (Å²) in [5.41, 5.74) is 2.95. The molecule has 3 aromatic rings. The molecule has 1 aromatic carbocycles. The van der Waals surface area contributed by atoms with Gasteiger partial charge in [0.05, 0.1) is 5.69 Å². The Morgan fingerprint density at radius 1 is 1.14 bits per heavy atom. The van der Waals surface area contributed by atoms with Crippen molar-refractivity contribution in [2.45, 2.75) is 26.4 Å². The molecule has 0 spiro atoms. The maximum atomic E-state index is 11.0. The minimum atomic E-state index is -0.413. The van der Waals surface area contributed by atoms with Gasteiger partial charge in [0.2, 0.25) is 0 Å². The summed E-state index contributed by atoms with van der Waals surface area (Å²) in [6.45, 7) is 6.85. The lowest BCUT2D eigenvalue weighted by Gasteiger charge is -2.19. The lowest BCUT2D eigenvalue weighted by Crippen LogP contribution is -2.35. The van der Waals surface area contributed by atoms with Gasteiger partial charge in [-0.1, -0.05) is 12.1 Å². The highest BCUT2D eigenvalue weighted by Crippen LogP contribution is 2.21. The van der Waals surface area contributed by atoms with Crippen LogP contribution in [0.1, 0.15) is 31.3 Å². The number of carbonyl (C=O) groups excluding carboxylic acids is 2. The van der Waals surface area contributed by atoms with E-state index in [9.17, 15) is 9.59 Å². The lowest BCUT2D eigenvalue weighted by molar-refractivity contribution is 0.0528. The molecule has 0 saturated heterocycles. The van der Waals surface area contributed by atoms with Crippen molar-refractivity contribution in [2.75, 3.05) is 20.1 Å². The fraction of sp³-hybridized carbons (Fsp3) is 0.350. The Balaban J connectivity index is 0.000000223. The van der Waals surface area contributed by atoms with E-state index in [1.807, 2.05) is 46.0 Å². The normalized spacial score (nSPS) is 10.8. The van der Waals surface area contributed by atoms with Crippen molar-refractivity contribution >= 4 is 23.4 Å². The van der Waals surface area contributed by atoms with Crippen molar-refractivity contribution in [1.82, 2.24) is 25.9 Å². The Morgan fingerprint density at radius 3 is 2.59 bits per heavy atom. The molecule has 2 aromatic heterocycles. The summed E-state index contributed by atoms with van der Waals surface area (Å²) >= 11 is 0. The van der Waals surface area contributed by atoms with Crippen LogP contribution >= 0.6 is 0 Å². The second-order valence-electron chi connectivity index (χ2n) is 7.07. The summed E-state index contributed by atoms with van der Waals surface area (Å²) in [6.07, 6.45) is 0.359. The number of carbonyl (C=O) groups is 2. The minimum Gasteiger partial charge on any atom is -0.444 e. The van der Waals surface area contributed by atoms with E-state index in [1.54, 1.807) is 18.2 Å². The summed E-state index contributed by atoms with van der Waals surface area (Å²) in [4.78, 5) is 25.8. The van der Waals surface area contributed by atoms with Crippen molar-refractivity contribution in [3.8, 4) is 11.3 Å². The number of hydrogen-bond acceptors (Lipinski definition) is 8. The Kier molecular flexibility index (Phi) is 7.79. The van der Waals surface area contributed by atoms with Crippen LogP contribution in [-0.2, 0) is 4.74 Å². The van der Waals surface area contributed by atoms with Crippen LogP contribution in [0.5, 0.6) is 0 Å². The van der Waals surface area contributed by atoms with E-state index in [1.165, 1.54) is 0 Å². The summed E-state index contributed by atoms with van der Waals surface area (Å²) in [6, 6.07) is 10.8. The molecular formula is C20H25N5O4. The molecule has 0 aliphatic carbocycles. The van der Waals surface area contributed by atoms with Gasteiger partial charge >= 0.3 is 6.09 Å². The van der Waals surface area contributed by atoms with E-state index in [-0.39, 0.29) is 6.09 Å². The largest absolute Gasteiger partial charge is 0.444 e. The van der Waals surface area contributed by atoms with Crippen LogP contribution in [0.15, 0.2) is 41.0 Å². The van der Waals surface area contributed by atoms with Gasteiger partial charge in [-0.2, -0.15) is 0 Å². The van der Waals surface area contributed by atoms with Crippen LogP contribution in [0.25, 0.3) is 22.3 Å². The van der Waals surface area contributed by atoms with Crippen molar-refractivity contribution in [3.05, 3.63) is 42.1 Å². The number of rotatable bonds is 5. The number of fused-ring (bicyclic) bond motifs is 1. The van der Waals surface area contributed by atoms with E-state index in [0.717, 1.165) is 24.1 Å². The first kappa shape index (κ1) is 22.0. The van der Waals surface area contributed by atoms with Gasteiger partial charge in [0.1, 0.15) is 22.3 Å². The van der Waals surface area contributed by atoms with E-state index in [2.05, 4.69) is 30.6 Å². The third-order valence-corrected chi connectivity index (χ3v) is 3.48. The molecule has 0 bridgehead atoms. The van der Waals surface area contributed by atoms with E-state index >= 15 is 0 Å². The van der Waals surface area contributed by atoms with E-state index < -0.39 is 5.60 Å². The standard InChI is InChI=1S/C12H7N3O2.C8H18N2O2/c16-7-9-2-1-3-10(13-9)8-4-5-11-12(6-8)15-17-14-11;1-8(2,3)12-7(11)10-6-5-9-4/h1-7H;9H,5-6H2,1-4H3,(H,10,11). The van der Waals surface area contributed by atoms with Crippen molar-refractivity contribution in [3.63, 3.8) is 0 Å². The zero-order valence-corrected chi connectivity index (χ0v) is 16.9. The molecule has 2 heterocycles. The molecule has 0 radical (unpaired) electrons. The van der Waals surface area contributed by atoms with Crippen LogP contribution in [0, 0.1) is 0 Å². The smallest absolute Gasteiger partial charge is 0.407 e. The Bertz CT molecular complexity index is 949. The number of ether oxygens (including phenoxy) is 1. The van der Waals surface area contributed by atoms with Crippen LogP contribution in [0.2, 0.25) is 0 Å². The van der Waals surface area contributed by atoms with Gasteiger partial charge in [0.15, 0.2) is 6.29 Å². The molecule has 3 rings (SSSR count). The van der Waals surface area contributed by atoms with Gasteiger partial charge < -0.3 is 15.4 Å². The number of nitrogens with one attached hydrogen (secondary N) is 2. The van der Waals surface area contributed by atoms with Crippen LogP contribution in [0.4, 0.5) is 4.79 Å². The second-order valence-corrected chi connectivity index (χ2v) is 7.07. The first-order chi connectivity index (χ1) is 13.8. The maximum Gasteiger partial charge on any atom is 0.407 e. The van der Waals surface area contributed by atoms with Crippen molar-refractivity contribution < 1.29 is 19.0 Å². The summed E-state index contributed by atoms with van der Waals surface area (Å²) < 4.78 is 9.63. The highest BCUT2D eigenvalue weighted by molar-refractivity contribution is 5.80. The number of likely N-dealkylation sites (N-methyl/N-ethyl adjacent to an activating group) is 1. The molecule has 9 heteroatoms. The van der Waals surface area contributed by atoms with Gasteiger partial charge in [-0.25, -0.2) is 14.4 Å². The first-order valence-corrected chi connectivity index (χ1v) is 9.09. The molecule has 29 heavy (non-hydrogen) atoms. The average molecular weight is 399 g/mol. The predicted octanol–water partition coefficient (Wildman–Crippen LogP) is 2.83. The molecule has 0 saturated carbocycles. The summed E-state index contributed by atoms with van der Waals surface area (Å²) in [5.74, 6) is 0. The van der Waals surface area contributed by atoms with Crippen molar-refractivity contribution in [1.29, 1.82) is 0 Å². The van der Waals surface area contributed by atoms with Crippen molar-refractivity contribution in [2.24, 2.45) is 0 Å². The summed E-state index contributed by atoms with van der Waals surface area (Å²) in [7, 11) is 1.83. The molecular weight excluding hydrogens is 374 g/mol. The third kappa shape index (κ3) is 7.30. The fourth-order valence-electron chi connectivity index (χ4n) is 2.22. The van der Waals surface area contributed by atoms with Crippen LogP contribution in [0.3, 0.4) is 0 Å². The molecule has 0 aliphatic heterocycles. The molecule has 1 amide bonds. The fourth-order valence-corrected chi connectivity index (χ4v) is 2.22. The zero-order valence-electron chi connectivity index (χ0n) is 16.9. The number of aldehydes is 1. The Morgan fingerprint density at radius 2 is 1.90 bits per heavy atom. The van der Waals surface area contributed by atoms with Crippen LogP contribution in [-0.4, -0.2) is 53.4 Å². The van der Waals surface area contributed by atoms with Gasteiger partial charge in [0.25, 0.3) is 0 Å². The Hall–Kier alpha value is -3.33. The topological polar surface area (TPSA) is 119 Å². The lowest BCUT2D eigenvalue weighted by atomic mass is 10.1. The molecule has 154 valence electrons. The van der Waals surface area contributed by atoms with E-state index in [4.69, 9.17) is 4.74 Å². The quantitative estimate of drug-likeness (QED) is 0.496. The monoisotopic (exact) mass is 399 g/mol. The maximum absolute atomic E-state index is 11.0.